The first-order valence-electron chi connectivity index (χ1n) is 9.77. The molecule has 3 rings (SSSR count). The lowest BCUT2D eigenvalue weighted by molar-refractivity contribution is -0.130. The van der Waals surface area contributed by atoms with Gasteiger partial charge < -0.3 is 19.7 Å². The molecule has 0 spiro atoms. The number of para-hydroxylation sites is 1. The van der Waals surface area contributed by atoms with E-state index in [0.717, 1.165) is 23.5 Å². The molecule has 154 valence electrons. The summed E-state index contributed by atoms with van der Waals surface area (Å²) in [5.74, 6) is 1.51. The normalized spacial score (nSPS) is 18.6. The van der Waals surface area contributed by atoms with E-state index in [9.17, 15) is 9.59 Å². The van der Waals surface area contributed by atoms with Crippen molar-refractivity contribution in [2.75, 3.05) is 13.2 Å². The molecule has 1 fully saturated rings. The summed E-state index contributed by atoms with van der Waals surface area (Å²) in [5, 5.41) is 2.50. The molecule has 2 atom stereocenters. The molecule has 2 aromatic carbocycles. The highest BCUT2D eigenvalue weighted by molar-refractivity contribution is 7.81. The number of nitrogens with zero attached hydrogens (tertiary/aromatic N) is 1. The molecule has 2 amide bonds. The van der Waals surface area contributed by atoms with Crippen LogP contribution in [0.1, 0.15) is 25.3 Å². The SMILES string of the molecule is CCCNC(=O)OCC1C(S)CC(=O)N1Cc1ccc(Oc2ccccc2)cc1. The Morgan fingerprint density at radius 1 is 1.14 bits per heavy atom. The third-order valence-electron chi connectivity index (χ3n) is 4.71. The van der Waals surface area contributed by atoms with Crippen molar-refractivity contribution in [3.05, 3.63) is 60.2 Å². The smallest absolute Gasteiger partial charge is 0.407 e. The summed E-state index contributed by atoms with van der Waals surface area (Å²) in [6, 6.07) is 16.9. The van der Waals surface area contributed by atoms with Gasteiger partial charge in [0.1, 0.15) is 18.1 Å². The number of ether oxygens (including phenoxy) is 2. The number of thiol groups is 1. The van der Waals surface area contributed by atoms with Crippen molar-refractivity contribution < 1.29 is 19.1 Å². The van der Waals surface area contributed by atoms with E-state index in [-0.39, 0.29) is 23.8 Å². The molecule has 1 aliphatic rings. The largest absolute Gasteiger partial charge is 0.457 e. The summed E-state index contributed by atoms with van der Waals surface area (Å²) >= 11 is 4.52. The van der Waals surface area contributed by atoms with Gasteiger partial charge in [-0.25, -0.2) is 4.79 Å². The summed E-state index contributed by atoms with van der Waals surface area (Å²) in [6.45, 7) is 3.10. The lowest BCUT2D eigenvalue weighted by atomic mass is 10.2. The number of rotatable bonds is 8. The summed E-state index contributed by atoms with van der Waals surface area (Å²) in [5.41, 5.74) is 0.974. The molecule has 29 heavy (non-hydrogen) atoms. The lowest BCUT2D eigenvalue weighted by Gasteiger charge is -2.26. The molecule has 2 aromatic rings. The third kappa shape index (κ3) is 5.90. The standard InChI is InChI=1S/C22H26N2O4S/c1-2-12-23-22(26)27-15-19-20(29)13-21(25)24(19)14-16-8-10-18(11-9-16)28-17-6-4-3-5-7-17/h3-11,19-20,29H,2,12-15H2,1H3,(H,23,26). The maximum Gasteiger partial charge on any atom is 0.407 e. The van der Waals surface area contributed by atoms with Crippen LogP contribution in [0.4, 0.5) is 4.79 Å². The van der Waals surface area contributed by atoms with Gasteiger partial charge in [-0.1, -0.05) is 37.3 Å². The van der Waals surface area contributed by atoms with E-state index < -0.39 is 6.09 Å². The molecular weight excluding hydrogens is 388 g/mol. The Kier molecular flexibility index (Phi) is 7.41. The number of hydrogen-bond donors (Lipinski definition) is 2. The fourth-order valence-electron chi connectivity index (χ4n) is 3.15. The van der Waals surface area contributed by atoms with Crippen LogP contribution in [0.25, 0.3) is 0 Å². The van der Waals surface area contributed by atoms with E-state index in [1.165, 1.54) is 0 Å². The van der Waals surface area contributed by atoms with Gasteiger partial charge in [0.15, 0.2) is 0 Å². The van der Waals surface area contributed by atoms with Crippen LogP contribution in [0.3, 0.4) is 0 Å². The highest BCUT2D eigenvalue weighted by Gasteiger charge is 2.38. The Bertz CT molecular complexity index is 813. The highest BCUT2D eigenvalue weighted by Crippen LogP contribution is 2.27. The van der Waals surface area contributed by atoms with Crippen molar-refractivity contribution in [1.29, 1.82) is 0 Å². The Morgan fingerprint density at radius 3 is 2.52 bits per heavy atom. The Balaban J connectivity index is 1.59. The fraction of sp³-hybridized carbons (Fsp3) is 0.364. The van der Waals surface area contributed by atoms with Crippen LogP contribution in [-0.4, -0.2) is 41.3 Å². The summed E-state index contributed by atoms with van der Waals surface area (Å²) in [6.07, 6.45) is 0.708. The second-order valence-corrected chi connectivity index (χ2v) is 7.61. The van der Waals surface area contributed by atoms with Gasteiger partial charge >= 0.3 is 6.09 Å². The van der Waals surface area contributed by atoms with Gasteiger partial charge in [0.2, 0.25) is 5.91 Å². The monoisotopic (exact) mass is 414 g/mol. The minimum Gasteiger partial charge on any atom is -0.457 e. The van der Waals surface area contributed by atoms with Gasteiger partial charge in [-0.05, 0) is 36.2 Å². The van der Waals surface area contributed by atoms with E-state index in [1.807, 2.05) is 61.5 Å². The zero-order valence-corrected chi connectivity index (χ0v) is 17.3. The average Bonchev–Trinajstić information content (AvgIpc) is 2.99. The quantitative estimate of drug-likeness (QED) is 0.641. The van der Waals surface area contributed by atoms with Gasteiger partial charge in [-0.15, -0.1) is 0 Å². The molecule has 1 N–H and O–H groups in total. The maximum atomic E-state index is 12.4. The van der Waals surface area contributed by atoms with Crippen LogP contribution in [-0.2, 0) is 16.1 Å². The van der Waals surface area contributed by atoms with E-state index in [4.69, 9.17) is 9.47 Å². The molecule has 1 heterocycles. The predicted molar refractivity (Wildman–Crippen MR) is 114 cm³/mol. The summed E-state index contributed by atoms with van der Waals surface area (Å²) in [7, 11) is 0. The predicted octanol–water partition coefficient (Wildman–Crippen LogP) is 4.01. The third-order valence-corrected chi connectivity index (χ3v) is 5.24. The van der Waals surface area contributed by atoms with Crippen molar-refractivity contribution in [3.63, 3.8) is 0 Å². The van der Waals surface area contributed by atoms with Crippen LogP contribution in [0.2, 0.25) is 0 Å². The first-order valence-corrected chi connectivity index (χ1v) is 10.3. The van der Waals surface area contributed by atoms with Gasteiger partial charge in [-0.3, -0.25) is 4.79 Å². The number of hydrogen-bond acceptors (Lipinski definition) is 5. The van der Waals surface area contributed by atoms with Crippen molar-refractivity contribution in [1.82, 2.24) is 10.2 Å². The Labute approximate surface area is 176 Å². The zero-order chi connectivity index (χ0) is 20.6. The van der Waals surface area contributed by atoms with Gasteiger partial charge in [0.05, 0.1) is 6.04 Å². The Morgan fingerprint density at radius 2 is 1.83 bits per heavy atom. The number of likely N-dealkylation sites (tertiary alicyclic amines) is 1. The molecule has 0 bridgehead atoms. The number of amides is 2. The van der Waals surface area contributed by atoms with Crippen LogP contribution in [0, 0.1) is 0 Å². The molecule has 6 nitrogen and oxygen atoms in total. The molecular formula is C22H26N2O4S. The second kappa shape index (κ2) is 10.2. The second-order valence-electron chi connectivity index (χ2n) is 6.94. The molecule has 0 radical (unpaired) electrons. The van der Waals surface area contributed by atoms with Crippen LogP contribution >= 0.6 is 12.6 Å². The molecule has 7 heteroatoms. The highest BCUT2D eigenvalue weighted by atomic mass is 32.1. The van der Waals surface area contributed by atoms with Gasteiger partial charge in [0.25, 0.3) is 0 Å². The molecule has 0 aromatic heterocycles. The van der Waals surface area contributed by atoms with Gasteiger partial charge in [-0.2, -0.15) is 12.6 Å². The van der Waals surface area contributed by atoms with Gasteiger partial charge in [0, 0.05) is 24.8 Å². The first kappa shape index (κ1) is 21.0. The number of alkyl carbamates (subject to hydrolysis) is 1. The minimum absolute atomic E-state index is 0.0113. The lowest BCUT2D eigenvalue weighted by Crippen LogP contribution is -2.40. The summed E-state index contributed by atoms with van der Waals surface area (Å²) in [4.78, 5) is 25.9. The van der Waals surface area contributed by atoms with Crippen LogP contribution in [0.5, 0.6) is 11.5 Å². The minimum atomic E-state index is -0.464. The van der Waals surface area contributed by atoms with E-state index in [1.54, 1.807) is 4.90 Å². The first-order chi connectivity index (χ1) is 14.1. The average molecular weight is 415 g/mol. The molecule has 0 saturated carbocycles. The molecule has 2 unspecified atom stereocenters. The maximum absolute atomic E-state index is 12.4. The van der Waals surface area contributed by atoms with E-state index in [2.05, 4.69) is 17.9 Å². The van der Waals surface area contributed by atoms with Crippen LogP contribution in [0.15, 0.2) is 54.6 Å². The van der Waals surface area contributed by atoms with Crippen molar-refractivity contribution in [2.24, 2.45) is 0 Å². The Hall–Kier alpha value is -2.67. The number of carbonyl (C=O) groups is 2. The van der Waals surface area contributed by atoms with Crippen molar-refractivity contribution >= 4 is 24.6 Å². The zero-order valence-electron chi connectivity index (χ0n) is 16.4. The topological polar surface area (TPSA) is 67.9 Å². The number of benzene rings is 2. The molecule has 1 saturated heterocycles. The van der Waals surface area contributed by atoms with E-state index >= 15 is 0 Å². The van der Waals surface area contributed by atoms with Crippen molar-refractivity contribution in [3.8, 4) is 11.5 Å². The van der Waals surface area contributed by atoms with Crippen molar-refractivity contribution in [2.45, 2.75) is 37.6 Å². The summed E-state index contributed by atoms with van der Waals surface area (Å²) < 4.78 is 11.1. The fourth-order valence-corrected chi connectivity index (χ4v) is 3.56. The van der Waals surface area contributed by atoms with E-state index in [0.29, 0.717) is 19.5 Å². The molecule has 1 aliphatic heterocycles. The number of carbonyl (C=O) groups excluding carboxylic acids is 2. The number of nitrogens with one attached hydrogen (secondary N) is 1. The molecule has 0 aliphatic carbocycles. The van der Waals surface area contributed by atoms with Crippen LogP contribution < -0.4 is 10.1 Å².